The summed E-state index contributed by atoms with van der Waals surface area (Å²) >= 11 is 12.2. The summed E-state index contributed by atoms with van der Waals surface area (Å²) in [6.45, 7) is 1.74. The minimum absolute atomic E-state index is 0.122. The number of benzene rings is 1. The Bertz CT molecular complexity index is 1040. The van der Waals surface area contributed by atoms with Gasteiger partial charge in [0.05, 0.1) is 12.2 Å². The highest BCUT2D eigenvalue weighted by Crippen LogP contribution is 2.29. The molecule has 9 heteroatoms. The van der Waals surface area contributed by atoms with Crippen molar-refractivity contribution in [2.75, 3.05) is 7.05 Å². The van der Waals surface area contributed by atoms with Crippen LogP contribution in [0.1, 0.15) is 18.5 Å². The summed E-state index contributed by atoms with van der Waals surface area (Å²) in [6.07, 6.45) is 2.81. The van der Waals surface area contributed by atoms with Gasteiger partial charge in [-0.25, -0.2) is 4.98 Å². The fourth-order valence-corrected chi connectivity index (χ4v) is 3.27. The molecule has 0 saturated heterocycles. The molecule has 2 heterocycles. The molecule has 0 aliphatic rings. The molecule has 0 saturated carbocycles. The van der Waals surface area contributed by atoms with Crippen LogP contribution in [0.2, 0.25) is 10.0 Å². The number of likely N-dealkylation sites (N-methyl/N-ethyl adjacent to an activating group) is 1. The smallest absolute Gasteiger partial charge is 0.264 e. The van der Waals surface area contributed by atoms with E-state index in [0.29, 0.717) is 21.1 Å². The van der Waals surface area contributed by atoms with Crippen molar-refractivity contribution >= 4 is 40.1 Å². The second-order valence-electron chi connectivity index (χ2n) is 6.03. The number of hydrogen-bond acceptors (Lipinski definition) is 4. The third kappa shape index (κ3) is 3.32. The van der Waals surface area contributed by atoms with Gasteiger partial charge in [-0.1, -0.05) is 29.3 Å². The molecule has 1 unspecified atom stereocenters. The Morgan fingerprint density at radius 3 is 2.77 bits per heavy atom. The Kier molecular flexibility index (Phi) is 5.02. The van der Waals surface area contributed by atoms with Gasteiger partial charge in [-0.15, -0.1) is 0 Å². The zero-order chi connectivity index (χ0) is 19.0. The minimum atomic E-state index is -0.304. The van der Waals surface area contributed by atoms with Crippen molar-refractivity contribution < 1.29 is 4.79 Å². The zero-order valence-corrected chi connectivity index (χ0v) is 16.0. The second-order valence-corrected chi connectivity index (χ2v) is 6.87. The van der Waals surface area contributed by atoms with Gasteiger partial charge in [-0.2, -0.15) is 5.10 Å². The Morgan fingerprint density at radius 2 is 2.08 bits per heavy atom. The largest absolute Gasteiger partial charge is 0.337 e. The Hall–Kier alpha value is -2.38. The molecule has 3 rings (SSSR count). The van der Waals surface area contributed by atoms with Crippen LogP contribution in [0.15, 0.2) is 35.5 Å². The maximum Gasteiger partial charge on any atom is 0.264 e. The third-order valence-electron chi connectivity index (χ3n) is 4.41. The van der Waals surface area contributed by atoms with E-state index in [1.54, 1.807) is 32.3 Å². The van der Waals surface area contributed by atoms with Crippen molar-refractivity contribution in [3.63, 3.8) is 0 Å². The first kappa shape index (κ1) is 18.4. The van der Waals surface area contributed by atoms with E-state index >= 15 is 0 Å². The molecule has 0 aliphatic heterocycles. The van der Waals surface area contributed by atoms with Crippen molar-refractivity contribution in [2.24, 2.45) is 7.05 Å². The predicted molar refractivity (Wildman–Crippen MR) is 100 cm³/mol. The van der Waals surface area contributed by atoms with Crippen LogP contribution >= 0.6 is 23.2 Å². The molecule has 26 heavy (non-hydrogen) atoms. The number of halogens is 2. The molecule has 0 bridgehead atoms. The molecule has 7 nitrogen and oxygen atoms in total. The quantitative estimate of drug-likeness (QED) is 0.682. The summed E-state index contributed by atoms with van der Waals surface area (Å²) < 4.78 is 2.79. The summed E-state index contributed by atoms with van der Waals surface area (Å²) in [4.78, 5) is 30.9. The van der Waals surface area contributed by atoms with E-state index in [0.717, 1.165) is 5.56 Å². The van der Waals surface area contributed by atoms with Crippen LogP contribution in [0.4, 0.5) is 0 Å². The summed E-state index contributed by atoms with van der Waals surface area (Å²) in [6, 6.07) is 4.87. The van der Waals surface area contributed by atoms with Crippen molar-refractivity contribution in [1.29, 1.82) is 0 Å². The van der Waals surface area contributed by atoms with E-state index in [-0.39, 0.29) is 24.1 Å². The van der Waals surface area contributed by atoms with Crippen LogP contribution in [0.5, 0.6) is 0 Å². The van der Waals surface area contributed by atoms with Gasteiger partial charge >= 0.3 is 0 Å². The normalized spacial score (nSPS) is 12.3. The summed E-state index contributed by atoms with van der Waals surface area (Å²) in [5.74, 6) is -0.240. The molecule has 136 valence electrons. The lowest BCUT2D eigenvalue weighted by Crippen LogP contribution is -2.35. The predicted octanol–water partition coefficient (Wildman–Crippen LogP) is 2.66. The monoisotopic (exact) mass is 393 g/mol. The highest BCUT2D eigenvalue weighted by molar-refractivity contribution is 6.35. The molecule has 0 radical (unpaired) electrons. The first-order chi connectivity index (χ1) is 12.3. The molecule has 3 aromatic rings. The summed E-state index contributed by atoms with van der Waals surface area (Å²) in [7, 11) is 3.37. The topological polar surface area (TPSA) is 73.0 Å². The van der Waals surface area contributed by atoms with Crippen LogP contribution in [0.3, 0.4) is 0 Å². The molecule has 1 amide bonds. The van der Waals surface area contributed by atoms with E-state index in [2.05, 4.69) is 10.1 Å². The van der Waals surface area contributed by atoms with E-state index in [1.165, 1.54) is 26.7 Å². The van der Waals surface area contributed by atoms with Crippen LogP contribution in [0, 0.1) is 0 Å². The number of hydrogen-bond donors (Lipinski definition) is 0. The summed E-state index contributed by atoms with van der Waals surface area (Å²) in [5.41, 5.74) is 0.954. The van der Waals surface area contributed by atoms with Crippen molar-refractivity contribution in [3.05, 3.63) is 56.7 Å². The lowest BCUT2D eigenvalue weighted by molar-refractivity contribution is -0.132. The van der Waals surface area contributed by atoms with Gasteiger partial charge in [-0.05, 0) is 24.6 Å². The maximum atomic E-state index is 12.6. The SMILES string of the molecule is CC(c1ccc(Cl)cc1Cl)N(C)C(=O)Cn1cnc2c(cnn2C)c1=O. The number of fused-ring (bicyclic) bond motifs is 1. The zero-order valence-electron chi connectivity index (χ0n) is 14.5. The van der Waals surface area contributed by atoms with Gasteiger partial charge in [0.15, 0.2) is 5.65 Å². The molecule has 0 fully saturated rings. The molecule has 2 aromatic heterocycles. The third-order valence-corrected chi connectivity index (χ3v) is 4.97. The van der Waals surface area contributed by atoms with E-state index in [1.807, 2.05) is 6.92 Å². The first-order valence-electron chi connectivity index (χ1n) is 7.87. The average Bonchev–Trinajstić information content (AvgIpc) is 2.98. The van der Waals surface area contributed by atoms with Gasteiger partial charge in [0.2, 0.25) is 5.91 Å². The highest BCUT2D eigenvalue weighted by atomic mass is 35.5. The molecule has 1 atom stereocenters. The molecule has 0 spiro atoms. The van der Waals surface area contributed by atoms with Gasteiger partial charge in [0.25, 0.3) is 5.56 Å². The average molecular weight is 394 g/mol. The number of aromatic nitrogens is 4. The van der Waals surface area contributed by atoms with Crippen molar-refractivity contribution in [3.8, 4) is 0 Å². The lowest BCUT2D eigenvalue weighted by Gasteiger charge is -2.26. The Labute approximate surface area is 159 Å². The maximum absolute atomic E-state index is 12.6. The molecular weight excluding hydrogens is 377 g/mol. The van der Waals surface area contributed by atoms with E-state index in [4.69, 9.17) is 23.2 Å². The van der Waals surface area contributed by atoms with Gasteiger partial charge in [0, 0.05) is 24.1 Å². The number of carbonyl (C=O) groups is 1. The van der Waals surface area contributed by atoms with Crippen LogP contribution in [0.25, 0.3) is 11.0 Å². The summed E-state index contributed by atoms with van der Waals surface area (Å²) in [5, 5.41) is 5.41. The number of carbonyl (C=O) groups excluding carboxylic acids is 1. The van der Waals surface area contributed by atoms with Crippen LogP contribution < -0.4 is 5.56 Å². The van der Waals surface area contributed by atoms with Crippen LogP contribution in [-0.2, 0) is 18.4 Å². The fraction of sp³-hybridized carbons (Fsp3) is 0.294. The van der Waals surface area contributed by atoms with E-state index < -0.39 is 0 Å². The molecular formula is C17H17Cl2N5O2. The number of amides is 1. The number of rotatable bonds is 4. The number of nitrogens with zero attached hydrogens (tertiary/aromatic N) is 5. The minimum Gasteiger partial charge on any atom is -0.337 e. The standard InChI is InChI=1S/C17H17Cl2N5O2/c1-10(12-5-4-11(18)6-14(12)19)22(2)15(25)8-24-9-20-16-13(17(24)26)7-21-23(16)3/h4-7,9-10H,8H2,1-3H3. The lowest BCUT2D eigenvalue weighted by atomic mass is 10.1. The Morgan fingerprint density at radius 1 is 1.35 bits per heavy atom. The second kappa shape index (κ2) is 7.09. The van der Waals surface area contributed by atoms with Crippen LogP contribution in [-0.4, -0.2) is 37.2 Å². The Balaban J connectivity index is 1.83. The van der Waals surface area contributed by atoms with Gasteiger partial charge in [0.1, 0.15) is 18.3 Å². The van der Waals surface area contributed by atoms with Crippen molar-refractivity contribution in [1.82, 2.24) is 24.2 Å². The molecule has 0 N–H and O–H groups in total. The van der Waals surface area contributed by atoms with Gasteiger partial charge in [-0.3, -0.25) is 18.8 Å². The number of aryl methyl sites for hydroxylation is 1. The first-order valence-corrected chi connectivity index (χ1v) is 8.63. The van der Waals surface area contributed by atoms with Gasteiger partial charge < -0.3 is 4.90 Å². The fourth-order valence-electron chi connectivity index (χ4n) is 2.70. The molecule has 0 aliphatic carbocycles. The van der Waals surface area contributed by atoms with Crippen molar-refractivity contribution in [2.45, 2.75) is 19.5 Å². The molecule has 1 aromatic carbocycles. The van der Waals surface area contributed by atoms with E-state index in [9.17, 15) is 9.59 Å². The highest BCUT2D eigenvalue weighted by Gasteiger charge is 2.21.